The molecule has 0 aliphatic heterocycles. The Labute approximate surface area is 209 Å². The predicted octanol–water partition coefficient (Wildman–Crippen LogP) is 7.69. The number of aliphatic imine (C=N–C) groups is 1. The summed E-state index contributed by atoms with van der Waals surface area (Å²) < 4.78 is 9.96. The number of anilines is 1. The smallest absolute Gasteiger partial charge is 0.142 e. The van der Waals surface area contributed by atoms with E-state index < -0.39 is 0 Å². The van der Waals surface area contributed by atoms with E-state index in [1.165, 1.54) is 43.4 Å². The lowest BCUT2D eigenvalue weighted by molar-refractivity contribution is 0.358. The Morgan fingerprint density at radius 2 is 1.97 bits per heavy atom. The minimum absolute atomic E-state index is 0.434. The van der Waals surface area contributed by atoms with Gasteiger partial charge in [-0.25, -0.2) is 4.99 Å². The van der Waals surface area contributed by atoms with Crippen LogP contribution in [-0.2, 0) is 7.05 Å². The molecule has 0 unspecified atom stereocenters. The molecule has 1 aliphatic carbocycles. The van der Waals surface area contributed by atoms with Crippen molar-refractivity contribution >= 4 is 23.4 Å². The van der Waals surface area contributed by atoms with Crippen molar-refractivity contribution in [3.8, 4) is 17.0 Å². The summed E-state index contributed by atoms with van der Waals surface area (Å²) in [6.45, 7) is 8.49. The highest BCUT2D eigenvalue weighted by molar-refractivity contribution is 5.97. The van der Waals surface area contributed by atoms with E-state index in [4.69, 9.17) is 9.73 Å². The van der Waals surface area contributed by atoms with E-state index in [0.29, 0.717) is 6.04 Å². The molecular formula is C29H39N5O. The zero-order chi connectivity index (χ0) is 24.9. The van der Waals surface area contributed by atoms with Crippen molar-refractivity contribution in [1.29, 1.82) is 0 Å². The number of benzene rings is 1. The Morgan fingerprint density at radius 3 is 2.63 bits per heavy atom. The number of methoxy groups -OCH3 is 1. The van der Waals surface area contributed by atoms with E-state index in [0.717, 1.165) is 46.2 Å². The van der Waals surface area contributed by atoms with Gasteiger partial charge in [-0.3, -0.25) is 4.68 Å². The minimum Gasteiger partial charge on any atom is -0.495 e. The van der Waals surface area contributed by atoms with Gasteiger partial charge in [0.25, 0.3) is 0 Å². The first-order valence-corrected chi connectivity index (χ1v) is 12.8. The van der Waals surface area contributed by atoms with Crippen LogP contribution in [0.3, 0.4) is 0 Å². The molecule has 2 aromatic heterocycles. The van der Waals surface area contributed by atoms with Crippen LogP contribution in [0.2, 0.25) is 0 Å². The number of hydrogen-bond acceptors (Lipinski definition) is 3. The van der Waals surface area contributed by atoms with Crippen LogP contribution in [0, 0.1) is 6.92 Å². The molecule has 0 radical (unpaired) electrons. The van der Waals surface area contributed by atoms with Crippen LogP contribution in [-0.4, -0.2) is 27.3 Å². The Morgan fingerprint density at radius 1 is 1.20 bits per heavy atom. The molecule has 1 saturated carbocycles. The van der Waals surface area contributed by atoms with E-state index in [-0.39, 0.29) is 0 Å². The fourth-order valence-corrected chi connectivity index (χ4v) is 4.89. The predicted molar refractivity (Wildman–Crippen MR) is 147 cm³/mol. The van der Waals surface area contributed by atoms with Crippen LogP contribution in [0.5, 0.6) is 5.75 Å². The SMILES string of the molecule is CCC(C)=Cc1cc(-c2cnn(C)c2)n(C2CCCCC2)c1/N=C(\C)Nc1ccc(C)cc1OC. The second-order valence-electron chi connectivity index (χ2n) is 9.74. The number of nitrogens with zero attached hydrogens (tertiary/aromatic N) is 4. The van der Waals surface area contributed by atoms with Crippen LogP contribution < -0.4 is 10.1 Å². The Hall–Kier alpha value is -3.28. The van der Waals surface area contributed by atoms with Gasteiger partial charge in [0, 0.05) is 30.4 Å². The lowest BCUT2D eigenvalue weighted by Gasteiger charge is -2.27. The van der Waals surface area contributed by atoms with Crippen LogP contribution >= 0.6 is 0 Å². The molecule has 3 aromatic rings. The summed E-state index contributed by atoms with van der Waals surface area (Å²) in [7, 11) is 3.68. The monoisotopic (exact) mass is 473 g/mol. The molecule has 6 nitrogen and oxygen atoms in total. The minimum atomic E-state index is 0.434. The van der Waals surface area contributed by atoms with Gasteiger partial charge in [0.15, 0.2) is 0 Å². The molecular weight excluding hydrogens is 434 g/mol. The van der Waals surface area contributed by atoms with Gasteiger partial charge in [-0.05, 0) is 63.8 Å². The van der Waals surface area contributed by atoms with Crippen molar-refractivity contribution in [2.24, 2.45) is 12.0 Å². The third kappa shape index (κ3) is 5.69. The summed E-state index contributed by atoms with van der Waals surface area (Å²) in [6.07, 6.45) is 13.6. The van der Waals surface area contributed by atoms with Gasteiger partial charge in [-0.2, -0.15) is 5.10 Å². The average Bonchev–Trinajstić information content (AvgIpc) is 3.44. The Bertz CT molecular complexity index is 1220. The van der Waals surface area contributed by atoms with Crippen molar-refractivity contribution in [3.63, 3.8) is 0 Å². The van der Waals surface area contributed by atoms with E-state index in [1.54, 1.807) is 7.11 Å². The van der Waals surface area contributed by atoms with Crippen molar-refractivity contribution in [1.82, 2.24) is 14.3 Å². The molecule has 2 heterocycles. The van der Waals surface area contributed by atoms with E-state index >= 15 is 0 Å². The van der Waals surface area contributed by atoms with Gasteiger partial charge in [0.2, 0.25) is 0 Å². The van der Waals surface area contributed by atoms with Crippen LogP contribution in [0.4, 0.5) is 11.5 Å². The van der Waals surface area contributed by atoms with E-state index in [9.17, 15) is 0 Å². The maximum Gasteiger partial charge on any atom is 0.142 e. The van der Waals surface area contributed by atoms with Crippen LogP contribution in [0.1, 0.15) is 76.5 Å². The van der Waals surface area contributed by atoms with Crippen molar-refractivity contribution in [3.05, 3.63) is 53.4 Å². The molecule has 1 N–H and O–H groups in total. The molecule has 0 atom stereocenters. The first-order chi connectivity index (χ1) is 16.9. The van der Waals surface area contributed by atoms with Crippen molar-refractivity contribution < 1.29 is 4.74 Å². The molecule has 6 heteroatoms. The summed E-state index contributed by atoms with van der Waals surface area (Å²) in [5, 5.41) is 7.95. The maximum atomic E-state index is 5.61. The fourth-order valence-electron chi connectivity index (χ4n) is 4.89. The van der Waals surface area contributed by atoms with E-state index in [2.05, 4.69) is 66.2 Å². The lowest BCUT2D eigenvalue weighted by Crippen LogP contribution is -2.15. The molecule has 0 saturated heterocycles. The number of aromatic nitrogens is 3. The molecule has 186 valence electrons. The molecule has 35 heavy (non-hydrogen) atoms. The third-order valence-electron chi connectivity index (χ3n) is 6.88. The normalized spacial score (nSPS) is 15.5. The highest BCUT2D eigenvalue weighted by Gasteiger charge is 2.24. The third-order valence-corrected chi connectivity index (χ3v) is 6.88. The zero-order valence-electron chi connectivity index (χ0n) is 22.1. The first-order valence-electron chi connectivity index (χ1n) is 12.8. The highest BCUT2D eigenvalue weighted by atomic mass is 16.5. The van der Waals surface area contributed by atoms with Gasteiger partial charge >= 0.3 is 0 Å². The molecule has 1 fully saturated rings. The maximum absolute atomic E-state index is 5.61. The highest BCUT2D eigenvalue weighted by Crippen LogP contribution is 2.41. The van der Waals surface area contributed by atoms with Crippen molar-refractivity contribution in [2.75, 3.05) is 12.4 Å². The molecule has 1 aliphatic rings. The van der Waals surface area contributed by atoms with Crippen LogP contribution in [0.15, 0.2) is 47.2 Å². The van der Waals surface area contributed by atoms with Gasteiger partial charge < -0.3 is 14.6 Å². The van der Waals surface area contributed by atoms with Gasteiger partial charge in [0.05, 0.1) is 24.7 Å². The summed E-state index contributed by atoms with van der Waals surface area (Å²) in [4.78, 5) is 5.21. The largest absolute Gasteiger partial charge is 0.495 e. The number of allylic oxidation sites excluding steroid dienone is 1. The van der Waals surface area contributed by atoms with E-state index in [1.807, 2.05) is 30.9 Å². The number of rotatable bonds is 7. The zero-order valence-corrected chi connectivity index (χ0v) is 22.1. The second kappa shape index (κ2) is 11.0. The first kappa shape index (κ1) is 24.8. The summed E-state index contributed by atoms with van der Waals surface area (Å²) in [5.41, 5.74) is 6.91. The topological polar surface area (TPSA) is 56.4 Å². The van der Waals surface area contributed by atoms with Crippen molar-refractivity contribution in [2.45, 2.75) is 72.3 Å². The summed E-state index contributed by atoms with van der Waals surface area (Å²) in [5.74, 6) is 2.67. The number of nitrogens with one attached hydrogen (secondary N) is 1. The molecule has 0 bridgehead atoms. The second-order valence-corrected chi connectivity index (χ2v) is 9.74. The fraction of sp³-hybridized carbons (Fsp3) is 0.448. The molecule has 0 amide bonds. The Balaban J connectivity index is 1.85. The number of amidine groups is 1. The van der Waals surface area contributed by atoms with Gasteiger partial charge in [-0.15, -0.1) is 0 Å². The molecule has 0 spiro atoms. The molecule has 1 aromatic carbocycles. The van der Waals surface area contributed by atoms with Gasteiger partial charge in [0.1, 0.15) is 17.4 Å². The quantitative estimate of drug-likeness (QED) is 0.283. The number of ether oxygens (including phenoxy) is 1. The lowest BCUT2D eigenvalue weighted by atomic mass is 9.95. The number of aryl methyl sites for hydroxylation is 2. The van der Waals surface area contributed by atoms with Gasteiger partial charge in [-0.1, -0.05) is 43.9 Å². The standard InChI is InChI=1S/C29H39N5O/c1-7-20(2)15-23-17-27(24-18-30-33(5)19-24)34(25-11-9-8-10-12-25)29(23)32-22(4)31-26-14-13-21(3)16-28(26)35-6/h13-19,25H,7-12H2,1-6H3,(H,31,32). The van der Waals surface area contributed by atoms with Crippen LogP contribution in [0.25, 0.3) is 17.3 Å². The average molecular weight is 474 g/mol. The number of hydrogen-bond donors (Lipinski definition) is 1. The molecule has 4 rings (SSSR count). The summed E-state index contributed by atoms with van der Waals surface area (Å²) >= 11 is 0. The Kier molecular flexibility index (Phi) is 7.79. The summed E-state index contributed by atoms with van der Waals surface area (Å²) in [6, 6.07) is 8.91.